The molecule has 26 heavy (non-hydrogen) atoms. The highest BCUT2D eigenvalue weighted by atomic mass is 16.5. The van der Waals surface area contributed by atoms with E-state index in [1.54, 1.807) is 7.05 Å². The van der Waals surface area contributed by atoms with Gasteiger partial charge in [0.25, 0.3) is 0 Å². The maximum Gasteiger partial charge on any atom is 0.190 e. The number of nitrogens with one attached hydrogen (secondary N) is 2. The topological polar surface area (TPSA) is 75.1 Å². The predicted octanol–water partition coefficient (Wildman–Crippen LogP) is 1.94. The minimum absolute atomic E-state index is 0.0254. The number of aliphatic imine (C=N–C) groups is 1. The fraction of sp³-hybridized carbons (Fsp3) is 0.650. The molecule has 1 aromatic carbocycles. The van der Waals surface area contributed by atoms with Crippen LogP contribution in [0.2, 0.25) is 0 Å². The molecule has 0 aliphatic carbocycles. The highest BCUT2D eigenvalue weighted by Gasteiger charge is 2.34. The molecule has 1 aliphatic heterocycles. The van der Waals surface area contributed by atoms with E-state index in [1.807, 2.05) is 18.2 Å². The molecule has 0 spiro atoms. The summed E-state index contributed by atoms with van der Waals surface area (Å²) in [6, 6.07) is 10.2. The first-order chi connectivity index (χ1) is 12.8. The third-order valence-corrected chi connectivity index (χ3v) is 4.80. The van der Waals surface area contributed by atoms with Crippen molar-refractivity contribution in [3.63, 3.8) is 0 Å². The average Bonchev–Trinajstić information content (AvgIpc) is 3.13. The molecule has 1 aromatic rings. The molecule has 6 nitrogen and oxygen atoms in total. The second-order valence-corrected chi connectivity index (χ2v) is 6.87. The van der Waals surface area contributed by atoms with Gasteiger partial charge in [-0.15, -0.1) is 0 Å². The number of unbranched alkanes of at least 4 members (excludes halogenated alkanes) is 1. The summed E-state index contributed by atoms with van der Waals surface area (Å²) in [6.07, 6.45) is 3.78. The Morgan fingerprint density at radius 3 is 2.81 bits per heavy atom. The van der Waals surface area contributed by atoms with Gasteiger partial charge in [0.2, 0.25) is 0 Å². The summed E-state index contributed by atoms with van der Waals surface area (Å²) in [7, 11) is 1.78. The molecule has 0 radical (unpaired) electrons. The van der Waals surface area contributed by atoms with E-state index in [0.29, 0.717) is 13.2 Å². The smallest absolute Gasteiger partial charge is 0.190 e. The largest absolute Gasteiger partial charge is 0.396 e. The van der Waals surface area contributed by atoms with E-state index in [1.165, 1.54) is 5.56 Å². The molecule has 6 heteroatoms. The van der Waals surface area contributed by atoms with Crippen molar-refractivity contribution in [1.29, 1.82) is 0 Å². The molecule has 1 fully saturated rings. The molecular weight excluding hydrogens is 330 g/mol. The number of hydrogen-bond acceptors (Lipinski definition) is 4. The third-order valence-electron chi connectivity index (χ3n) is 4.80. The van der Waals surface area contributed by atoms with Crippen molar-refractivity contribution in [3.8, 4) is 0 Å². The van der Waals surface area contributed by atoms with Crippen molar-refractivity contribution < 1.29 is 14.6 Å². The lowest BCUT2D eigenvalue weighted by Gasteiger charge is -2.27. The lowest BCUT2D eigenvalue weighted by Crippen LogP contribution is -2.44. The SMILES string of the molecule is CN=C(NCCCCOCc1ccccc1)NCC1(CCO)CCOC1. The van der Waals surface area contributed by atoms with E-state index in [4.69, 9.17) is 9.47 Å². The summed E-state index contributed by atoms with van der Waals surface area (Å²) in [4.78, 5) is 4.27. The zero-order valence-corrected chi connectivity index (χ0v) is 15.9. The van der Waals surface area contributed by atoms with Gasteiger partial charge in [-0.3, -0.25) is 4.99 Å². The number of aliphatic hydroxyl groups excluding tert-OH is 1. The van der Waals surface area contributed by atoms with Crippen molar-refractivity contribution in [1.82, 2.24) is 10.6 Å². The van der Waals surface area contributed by atoms with Crippen molar-refractivity contribution in [2.24, 2.45) is 10.4 Å². The zero-order chi connectivity index (χ0) is 18.5. The van der Waals surface area contributed by atoms with Gasteiger partial charge < -0.3 is 25.2 Å². The number of hydrogen-bond donors (Lipinski definition) is 3. The van der Waals surface area contributed by atoms with Crippen LogP contribution in [0.15, 0.2) is 35.3 Å². The summed E-state index contributed by atoms with van der Waals surface area (Å²) >= 11 is 0. The summed E-state index contributed by atoms with van der Waals surface area (Å²) in [5.74, 6) is 0.805. The van der Waals surface area contributed by atoms with Crippen molar-refractivity contribution in [2.45, 2.75) is 32.3 Å². The van der Waals surface area contributed by atoms with E-state index >= 15 is 0 Å². The molecule has 0 aromatic heterocycles. The minimum atomic E-state index is 0.0254. The maximum atomic E-state index is 9.29. The second-order valence-electron chi connectivity index (χ2n) is 6.87. The molecule has 1 unspecified atom stereocenters. The maximum absolute atomic E-state index is 9.29. The Morgan fingerprint density at radius 1 is 1.27 bits per heavy atom. The summed E-state index contributed by atoms with van der Waals surface area (Å²) in [5.41, 5.74) is 1.24. The van der Waals surface area contributed by atoms with E-state index in [9.17, 15) is 5.11 Å². The van der Waals surface area contributed by atoms with Crippen LogP contribution in [0.1, 0.15) is 31.2 Å². The van der Waals surface area contributed by atoms with Gasteiger partial charge >= 0.3 is 0 Å². The number of guanidine groups is 1. The molecule has 2 rings (SSSR count). The number of benzene rings is 1. The Balaban J connectivity index is 1.54. The third kappa shape index (κ3) is 7.32. The zero-order valence-electron chi connectivity index (χ0n) is 15.9. The number of aliphatic hydroxyl groups is 1. The Morgan fingerprint density at radius 2 is 2.12 bits per heavy atom. The Kier molecular flexibility index (Phi) is 9.45. The monoisotopic (exact) mass is 363 g/mol. The van der Waals surface area contributed by atoms with Gasteiger partial charge in [0, 0.05) is 45.4 Å². The predicted molar refractivity (Wildman–Crippen MR) is 104 cm³/mol. The Hall–Kier alpha value is -1.63. The van der Waals surface area contributed by atoms with Gasteiger partial charge in [0.05, 0.1) is 13.2 Å². The summed E-state index contributed by atoms with van der Waals surface area (Å²) in [6.45, 7) is 4.74. The van der Waals surface area contributed by atoms with Crippen molar-refractivity contribution >= 4 is 5.96 Å². The van der Waals surface area contributed by atoms with E-state index in [2.05, 4.69) is 27.8 Å². The van der Waals surface area contributed by atoms with Gasteiger partial charge in [0.15, 0.2) is 5.96 Å². The first-order valence-electron chi connectivity index (χ1n) is 9.53. The molecule has 3 N–H and O–H groups in total. The molecule has 146 valence electrons. The van der Waals surface area contributed by atoms with Crippen LogP contribution in [0.3, 0.4) is 0 Å². The van der Waals surface area contributed by atoms with Crippen molar-refractivity contribution in [3.05, 3.63) is 35.9 Å². The van der Waals surface area contributed by atoms with Crippen LogP contribution in [0.25, 0.3) is 0 Å². The number of ether oxygens (including phenoxy) is 2. The quantitative estimate of drug-likeness (QED) is 0.318. The van der Waals surface area contributed by atoms with Crippen LogP contribution in [0.4, 0.5) is 0 Å². The number of rotatable bonds is 11. The second kappa shape index (κ2) is 11.9. The van der Waals surface area contributed by atoms with Gasteiger partial charge in [0.1, 0.15) is 0 Å². The molecule has 1 aliphatic rings. The molecule has 0 amide bonds. The number of nitrogens with zero attached hydrogens (tertiary/aromatic N) is 1. The summed E-state index contributed by atoms with van der Waals surface area (Å²) < 4.78 is 11.2. The van der Waals surface area contributed by atoms with E-state index in [-0.39, 0.29) is 12.0 Å². The standard InChI is InChI=1S/C20H33N3O3/c1-21-19(23-16-20(9-12-24)10-14-26-17-20)22-11-5-6-13-25-15-18-7-3-2-4-8-18/h2-4,7-8,24H,5-6,9-17H2,1H3,(H2,21,22,23). The normalized spacial score (nSPS) is 20.3. The molecular formula is C20H33N3O3. The Labute approximate surface area is 157 Å². The molecule has 0 bridgehead atoms. The minimum Gasteiger partial charge on any atom is -0.396 e. The lowest BCUT2D eigenvalue weighted by molar-refractivity contribution is 0.117. The highest BCUT2D eigenvalue weighted by Crippen LogP contribution is 2.31. The van der Waals surface area contributed by atoms with Crippen LogP contribution in [0.5, 0.6) is 0 Å². The van der Waals surface area contributed by atoms with Gasteiger partial charge in [-0.1, -0.05) is 30.3 Å². The summed E-state index contributed by atoms with van der Waals surface area (Å²) in [5, 5.41) is 16.0. The van der Waals surface area contributed by atoms with E-state index < -0.39 is 0 Å². The molecule has 1 atom stereocenters. The first kappa shape index (κ1) is 20.7. The molecule has 1 saturated heterocycles. The fourth-order valence-electron chi connectivity index (χ4n) is 3.10. The lowest BCUT2D eigenvalue weighted by atomic mass is 9.84. The van der Waals surface area contributed by atoms with Crippen molar-refractivity contribution in [2.75, 3.05) is 46.6 Å². The van der Waals surface area contributed by atoms with Gasteiger partial charge in [-0.05, 0) is 31.2 Å². The van der Waals surface area contributed by atoms with Crippen LogP contribution in [-0.2, 0) is 16.1 Å². The molecule has 1 heterocycles. The molecule has 0 saturated carbocycles. The fourth-order valence-corrected chi connectivity index (χ4v) is 3.10. The van der Waals surface area contributed by atoms with Crippen LogP contribution >= 0.6 is 0 Å². The van der Waals surface area contributed by atoms with Crippen LogP contribution in [0, 0.1) is 5.41 Å². The average molecular weight is 364 g/mol. The first-order valence-corrected chi connectivity index (χ1v) is 9.53. The van der Waals surface area contributed by atoms with Crippen LogP contribution < -0.4 is 10.6 Å². The Bertz CT molecular complexity index is 516. The van der Waals surface area contributed by atoms with Gasteiger partial charge in [-0.2, -0.15) is 0 Å². The van der Waals surface area contributed by atoms with Crippen LogP contribution in [-0.4, -0.2) is 57.6 Å². The highest BCUT2D eigenvalue weighted by molar-refractivity contribution is 5.79. The van der Waals surface area contributed by atoms with Gasteiger partial charge in [-0.25, -0.2) is 0 Å². The van der Waals surface area contributed by atoms with E-state index in [0.717, 1.165) is 57.9 Å².